The van der Waals surface area contributed by atoms with E-state index in [9.17, 15) is 9.90 Å². The van der Waals surface area contributed by atoms with Crippen molar-refractivity contribution in [1.82, 2.24) is 5.32 Å². The molecule has 1 aromatic rings. The number of carbonyl (C=O) groups is 1. The third kappa shape index (κ3) is 3.73. The average molecular weight is 314 g/mol. The van der Waals surface area contributed by atoms with E-state index in [1.807, 2.05) is 6.07 Å². The molecular weight excluding hydrogens is 294 g/mol. The number of para-hydroxylation sites is 1. The van der Waals surface area contributed by atoms with Crippen LogP contribution in [0.4, 0.5) is 0 Å². The lowest BCUT2D eigenvalue weighted by molar-refractivity contribution is -0.122. The predicted octanol–water partition coefficient (Wildman–Crippen LogP) is 3.00. The minimum absolute atomic E-state index is 0.0559. The van der Waals surface area contributed by atoms with Gasteiger partial charge in [0, 0.05) is 16.4 Å². The quantitative estimate of drug-likeness (QED) is 0.793. The number of rotatable bonds is 6. The second kappa shape index (κ2) is 6.78. The van der Waals surface area contributed by atoms with Crippen LogP contribution in [0.25, 0.3) is 0 Å². The van der Waals surface area contributed by atoms with Gasteiger partial charge < -0.3 is 10.4 Å². The van der Waals surface area contributed by atoms with Crippen molar-refractivity contribution in [1.29, 1.82) is 0 Å². The zero-order chi connectivity index (χ0) is 13.6. The molecule has 0 aliphatic carbocycles. The molecule has 4 heteroatoms. The van der Waals surface area contributed by atoms with Gasteiger partial charge in [0.1, 0.15) is 5.75 Å². The number of halogens is 1. The van der Waals surface area contributed by atoms with Gasteiger partial charge in [0.15, 0.2) is 0 Å². The first-order chi connectivity index (χ1) is 8.56. The van der Waals surface area contributed by atoms with Crippen LogP contribution >= 0.6 is 15.9 Å². The van der Waals surface area contributed by atoms with Crippen LogP contribution in [0.15, 0.2) is 24.3 Å². The highest BCUT2D eigenvalue weighted by Gasteiger charge is 2.26. The number of benzene rings is 1. The average Bonchev–Trinajstić information content (AvgIpc) is 2.39. The van der Waals surface area contributed by atoms with Gasteiger partial charge in [0.25, 0.3) is 0 Å². The molecule has 100 valence electrons. The molecule has 0 atom stereocenters. The molecule has 0 spiro atoms. The Morgan fingerprint density at radius 3 is 2.44 bits per heavy atom. The van der Waals surface area contributed by atoms with Crippen LogP contribution in [0, 0.1) is 0 Å². The van der Waals surface area contributed by atoms with Gasteiger partial charge in [-0.3, -0.25) is 4.79 Å². The summed E-state index contributed by atoms with van der Waals surface area (Å²) in [5, 5.41) is 13.4. The van der Waals surface area contributed by atoms with Crippen LogP contribution in [-0.2, 0) is 11.2 Å². The van der Waals surface area contributed by atoms with Crippen LogP contribution in [-0.4, -0.2) is 21.9 Å². The molecule has 0 fully saturated rings. The van der Waals surface area contributed by atoms with Gasteiger partial charge in [-0.05, 0) is 18.9 Å². The maximum absolute atomic E-state index is 12.0. The molecule has 0 aromatic heterocycles. The molecular formula is C14H20BrNO2. The van der Waals surface area contributed by atoms with E-state index in [0.717, 1.165) is 18.2 Å². The molecule has 0 saturated carbocycles. The highest BCUT2D eigenvalue weighted by Crippen LogP contribution is 2.20. The fourth-order valence-electron chi connectivity index (χ4n) is 1.82. The lowest BCUT2D eigenvalue weighted by Crippen LogP contribution is -2.49. The lowest BCUT2D eigenvalue weighted by atomic mass is 9.95. The van der Waals surface area contributed by atoms with Crippen LogP contribution in [0.5, 0.6) is 5.75 Å². The van der Waals surface area contributed by atoms with Crippen molar-refractivity contribution >= 4 is 21.8 Å². The number of phenols is 1. The number of alkyl halides is 1. The minimum atomic E-state index is -0.193. The van der Waals surface area contributed by atoms with E-state index in [0.29, 0.717) is 5.56 Å². The number of hydrogen-bond acceptors (Lipinski definition) is 2. The van der Waals surface area contributed by atoms with E-state index in [1.165, 1.54) is 0 Å². The standard InChI is InChI=1S/C14H20BrNO2/c1-3-14(4-2,10-15)16-13(18)9-11-7-5-6-8-12(11)17/h5-8,17H,3-4,9-10H2,1-2H3,(H,16,18). The molecule has 0 unspecified atom stereocenters. The van der Waals surface area contributed by atoms with Crippen molar-refractivity contribution in [3.63, 3.8) is 0 Å². The molecule has 0 bridgehead atoms. The summed E-state index contributed by atoms with van der Waals surface area (Å²) in [6, 6.07) is 6.93. The molecule has 0 aliphatic rings. The summed E-state index contributed by atoms with van der Waals surface area (Å²) >= 11 is 3.46. The summed E-state index contributed by atoms with van der Waals surface area (Å²) in [6.45, 7) is 4.12. The number of phenolic OH excluding ortho intramolecular Hbond substituents is 1. The third-order valence-electron chi connectivity index (χ3n) is 3.36. The highest BCUT2D eigenvalue weighted by molar-refractivity contribution is 9.09. The van der Waals surface area contributed by atoms with Gasteiger partial charge in [-0.25, -0.2) is 0 Å². The first-order valence-electron chi connectivity index (χ1n) is 6.20. The van der Waals surface area contributed by atoms with Crippen molar-refractivity contribution in [3.05, 3.63) is 29.8 Å². The molecule has 0 saturated heterocycles. The molecule has 18 heavy (non-hydrogen) atoms. The third-order valence-corrected chi connectivity index (χ3v) is 4.43. The number of hydrogen-bond donors (Lipinski definition) is 2. The Morgan fingerprint density at radius 1 is 1.33 bits per heavy atom. The maximum Gasteiger partial charge on any atom is 0.225 e. The Bertz CT molecular complexity index is 394. The first kappa shape index (κ1) is 15.0. The fourth-order valence-corrected chi connectivity index (χ4v) is 2.76. The van der Waals surface area contributed by atoms with E-state index in [-0.39, 0.29) is 23.6 Å². The number of carbonyl (C=O) groups excluding carboxylic acids is 1. The number of aromatic hydroxyl groups is 1. The summed E-state index contributed by atoms with van der Waals surface area (Å²) in [5.41, 5.74) is 0.465. The Kier molecular flexibility index (Phi) is 5.66. The zero-order valence-electron chi connectivity index (χ0n) is 10.9. The van der Waals surface area contributed by atoms with Crippen molar-refractivity contribution < 1.29 is 9.90 Å². The van der Waals surface area contributed by atoms with E-state index < -0.39 is 0 Å². The van der Waals surface area contributed by atoms with E-state index >= 15 is 0 Å². The molecule has 0 aliphatic heterocycles. The molecule has 1 aromatic carbocycles. The Balaban J connectivity index is 2.70. The lowest BCUT2D eigenvalue weighted by Gasteiger charge is -2.31. The SMILES string of the molecule is CCC(CC)(CBr)NC(=O)Cc1ccccc1O. The predicted molar refractivity (Wildman–Crippen MR) is 77.1 cm³/mol. The van der Waals surface area contributed by atoms with Gasteiger partial charge in [0.05, 0.1) is 6.42 Å². The van der Waals surface area contributed by atoms with E-state index in [4.69, 9.17) is 0 Å². The summed E-state index contributed by atoms with van der Waals surface area (Å²) in [5.74, 6) is 0.115. The molecule has 1 rings (SSSR count). The molecule has 2 N–H and O–H groups in total. The molecule has 0 heterocycles. The second-order valence-corrected chi connectivity index (χ2v) is 5.04. The van der Waals surface area contributed by atoms with Gasteiger partial charge in [-0.15, -0.1) is 0 Å². The summed E-state index contributed by atoms with van der Waals surface area (Å²) in [6.07, 6.45) is 1.96. The van der Waals surface area contributed by atoms with Crippen molar-refractivity contribution in [2.45, 2.75) is 38.6 Å². The zero-order valence-corrected chi connectivity index (χ0v) is 12.5. The molecule has 1 amide bonds. The van der Waals surface area contributed by atoms with Crippen molar-refractivity contribution in [2.75, 3.05) is 5.33 Å². The van der Waals surface area contributed by atoms with Gasteiger partial charge in [-0.2, -0.15) is 0 Å². The monoisotopic (exact) mass is 313 g/mol. The normalized spacial score (nSPS) is 11.3. The summed E-state index contributed by atoms with van der Waals surface area (Å²) in [7, 11) is 0. The van der Waals surface area contributed by atoms with Crippen LogP contribution in [0.2, 0.25) is 0 Å². The smallest absolute Gasteiger partial charge is 0.225 e. The largest absolute Gasteiger partial charge is 0.508 e. The number of amides is 1. The maximum atomic E-state index is 12.0. The van der Waals surface area contributed by atoms with E-state index in [1.54, 1.807) is 18.2 Å². The van der Waals surface area contributed by atoms with Crippen LogP contribution in [0.3, 0.4) is 0 Å². The minimum Gasteiger partial charge on any atom is -0.508 e. The first-order valence-corrected chi connectivity index (χ1v) is 7.33. The van der Waals surface area contributed by atoms with Crippen molar-refractivity contribution in [3.8, 4) is 5.75 Å². The Labute approximate surface area is 117 Å². The summed E-state index contributed by atoms with van der Waals surface area (Å²) in [4.78, 5) is 12.0. The topological polar surface area (TPSA) is 49.3 Å². The summed E-state index contributed by atoms with van der Waals surface area (Å²) < 4.78 is 0. The van der Waals surface area contributed by atoms with Crippen molar-refractivity contribution in [2.24, 2.45) is 0 Å². The Hall–Kier alpha value is -1.03. The molecule has 0 radical (unpaired) electrons. The second-order valence-electron chi connectivity index (χ2n) is 4.47. The molecule has 3 nitrogen and oxygen atoms in total. The van der Waals surface area contributed by atoms with E-state index in [2.05, 4.69) is 35.1 Å². The van der Waals surface area contributed by atoms with Gasteiger partial charge in [0.2, 0.25) is 5.91 Å². The van der Waals surface area contributed by atoms with Crippen LogP contribution < -0.4 is 5.32 Å². The highest BCUT2D eigenvalue weighted by atomic mass is 79.9. The number of nitrogens with one attached hydrogen (secondary N) is 1. The Morgan fingerprint density at radius 2 is 1.94 bits per heavy atom. The van der Waals surface area contributed by atoms with Gasteiger partial charge >= 0.3 is 0 Å². The van der Waals surface area contributed by atoms with Gasteiger partial charge in [-0.1, -0.05) is 48.0 Å². The fraction of sp³-hybridized carbons (Fsp3) is 0.500. The van der Waals surface area contributed by atoms with Crippen LogP contribution in [0.1, 0.15) is 32.3 Å².